The molecular formula is C14H22N2O2S2. The maximum absolute atomic E-state index is 12.6. The number of hydrogen-bond donors (Lipinski definition) is 1. The van der Waals surface area contributed by atoms with E-state index in [1.54, 1.807) is 16.4 Å². The Labute approximate surface area is 125 Å². The lowest BCUT2D eigenvalue weighted by Gasteiger charge is -2.36. The summed E-state index contributed by atoms with van der Waals surface area (Å²) < 4.78 is 26.8. The van der Waals surface area contributed by atoms with Crippen molar-refractivity contribution in [2.45, 2.75) is 29.9 Å². The van der Waals surface area contributed by atoms with E-state index >= 15 is 0 Å². The van der Waals surface area contributed by atoms with Gasteiger partial charge in [0.25, 0.3) is 0 Å². The van der Waals surface area contributed by atoms with Gasteiger partial charge in [-0.2, -0.15) is 16.1 Å². The number of nitrogens with zero attached hydrogens (tertiary/aromatic N) is 1. The second kappa shape index (κ2) is 6.05. The Kier molecular flexibility index (Phi) is 4.79. The average Bonchev–Trinajstić information content (AvgIpc) is 2.38. The van der Waals surface area contributed by atoms with Gasteiger partial charge in [-0.15, -0.1) is 0 Å². The fourth-order valence-electron chi connectivity index (χ4n) is 2.32. The third kappa shape index (κ3) is 3.55. The minimum atomic E-state index is -3.38. The Morgan fingerprint density at radius 3 is 2.50 bits per heavy atom. The van der Waals surface area contributed by atoms with Crippen LogP contribution in [0.4, 0.5) is 0 Å². The minimum Gasteiger partial charge on any atom is -0.330 e. The van der Waals surface area contributed by atoms with Crippen molar-refractivity contribution in [3.63, 3.8) is 0 Å². The van der Waals surface area contributed by atoms with E-state index in [2.05, 4.69) is 13.8 Å². The summed E-state index contributed by atoms with van der Waals surface area (Å²) in [6.07, 6.45) is 0.772. The molecule has 0 spiro atoms. The Hall–Kier alpha value is -0.560. The second-order valence-electron chi connectivity index (χ2n) is 5.63. The quantitative estimate of drug-likeness (QED) is 0.919. The number of thioether (sulfide) groups is 1. The number of hydrogen-bond acceptors (Lipinski definition) is 4. The number of rotatable bonds is 4. The van der Waals surface area contributed by atoms with Gasteiger partial charge < -0.3 is 5.73 Å². The SMILES string of the molecule is CC1(C)CN(S(=O)(=O)c2ccc(CCN)cc2)CCS1. The van der Waals surface area contributed by atoms with E-state index in [1.807, 2.05) is 23.9 Å². The zero-order valence-electron chi connectivity index (χ0n) is 12.0. The highest BCUT2D eigenvalue weighted by molar-refractivity contribution is 8.00. The van der Waals surface area contributed by atoms with Crippen LogP contribution in [0.1, 0.15) is 19.4 Å². The van der Waals surface area contributed by atoms with E-state index in [0.29, 0.717) is 24.5 Å². The Bertz CT molecular complexity index is 553. The van der Waals surface area contributed by atoms with Crippen LogP contribution in [0.2, 0.25) is 0 Å². The van der Waals surface area contributed by atoms with Crippen LogP contribution in [0.3, 0.4) is 0 Å². The highest BCUT2D eigenvalue weighted by Crippen LogP contribution is 2.32. The zero-order valence-corrected chi connectivity index (χ0v) is 13.6. The summed E-state index contributed by atoms with van der Waals surface area (Å²) in [7, 11) is -3.38. The molecule has 0 amide bonds. The molecule has 1 aromatic carbocycles. The molecule has 0 aliphatic carbocycles. The first kappa shape index (κ1) is 15.8. The Balaban J connectivity index is 2.21. The van der Waals surface area contributed by atoms with Gasteiger partial charge in [-0.3, -0.25) is 0 Å². The molecule has 1 saturated heterocycles. The third-order valence-corrected chi connectivity index (χ3v) is 6.54. The fraction of sp³-hybridized carbons (Fsp3) is 0.571. The summed E-state index contributed by atoms with van der Waals surface area (Å²) in [6, 6.07) is 7.08. The van der Waals surface area contributed by atoms with Gasteiger partial charge in [-0.25, -0.2) is 8.42 Å². The van der Waals surface area contributed by atoms with E-state index < -0.39 is 10.0 Å². The van der Waals surface area contributed by atoms with Crippen molar-refractivity contribution < 1.29 is 8.42 Å². The standard InChI is InChI=1S/C14H22N2O2S2/c1-14(2)11-16(9-10-19-14)20(17,18)13-5-3-12(4-6-13)7-8-15/h3-6H,7-11,15H2,1-2H3. The monoisotopic (exact) mass is 314 g/mol. The molecule has 1 aromatic rings. The molecule has 0 atom stereocenters. The smallest absolute Gasteiger partial charge is 0.243 e. The molecule has 0 radical (unpaired) electrons. The Morgan fingerprint density at radius 1 is 1.30 bits per heavy atom. The van der Waals surface area contributed by atoms with Gasteiger partial charge in [-0.1, -0.05) is 12.1 Å². The first-order chi connectivity index (χ1) is 9.35. The average molecular weight is 314 g/mol. The van der Waals surface area contributed by atoms with Gasteiger partial charge in [0, 0.05) is 23.6 Å². The van der Waals surface area contributed by atoms with Crippen LogP contribution in [-0.4, -0.2) is 42.9 Å². The summed E-state index contributed by atoms with van der Waals surface area (Å²) in [6.45, 7) is 5.89. The summed E-state index contributed by atoms with van der Waals surface area (Å²) in [5.41, 5.74) is 6.57. The highest BCUT2D eigenvalue weighted by Gasteiger charge is 2.34. The van der Waals surface area contributed by atoms with Crippen LogP contribution < -0.4 is 5.73 Å². The van der Waals surface area contributed by atoms with Crippen LogP contribution in [0.5, 0.6) is 0 Å². The van der Waals surface area contributed by atoms with Crippen LogP contribution in [0, 0.1) is 0 Å². The fourth-order valence-corrected chi connectivity index (χ4v) is 5.23. The van der Waals surface area contributed by atoms with Crippen LogP contribution in [-0.2, 0) is 16.4 Å². The van der Waals surface area contributed by atoms with Gasteiger partial charge >= 0.3 is 0 Å². The molecule has 1 heterocycles. The summed E-state index contributed by atoms with van der Waals surface area (Å²) in [5, 5.41) is 0. The molecule has 0 saturated carbocycles. The molecule has 6 heteroatoms. The predicted molar refractivity (Wildman–Crippen MR) is 84.5 cm³/mol. The third-order valence-electron chi connectivity index (χ3n) is 3.38. The maximum Gasteiger partial charge on any atom is 0.243 e. The minimum absolute atomic E-state index is 0.0230. The molecule has 4 nitrogen and oxygen atoms in total. The molecule has 0 unspecified atom stereocenters. The number of sulfonamides is 1. The summed E-state index contributed by atoms with van der Waals surface area (Å²) in [4.78, 5) is 0.376. The van der Waals surface area contributed by atoms with Crippen LogP contribution in [0.15, 0.2) is 29.2 Å². The van der Waals surface area contributed by atoms with E-state index in [4.69, 9.17) is 5.73 Å². The number of benzene rings is 1. The van der Waals surface area contributed by atoms with Gasteiger partial charge in [0.2, 0.25) is 10.0 Å². The lowest BCUT2D eigenvalue weighted by atomic mass is 10.2. The van der Waals surface area contributed by atoms with E-state index in [0.717, 1.165) is 17.7 Å². The van der Waals surface area contributed by atoms with Gasteiger partial charge in [0.15, 0.2) is 0 Å². The molecular weight excluding hydrogens is 292 g/mol. The van der Waals surface area contributed by atoms with Gasteiger partial charge in [-0.05, 0) is 44.5 Å². The maximum atomic E-state index is 12.6. The van der Waals surface area contributed by atoms with E-state index in [1.165, 1.54) is 0 Å². The largest absolute Gasteiger partial charge is 0.330 e. The molecule has 1 aliphatic heterocycles. The van der Waals surface area contributed by atoms with Crippen LogP contribution in [0.25, 0.3) is 0 Å². The highest BCUT2D eigenvalue weighted by atomic mass is 32.2. The molecule has 20 heavy (non-hydrogen) atoms. The predicted octanol–water partition coefficient (Wildman–Crippen LogP) is 1.70. The zero-order chi connectivity index (χ0) is 14.8. The van der Waals surface area contributed by atoms with E-state index in [9.17, 15) is 8.42 Å². The molecule has 0 aromatic heterocycles. The summed E-state index contributed by atoms with van der Waals surface area (Å²) in [5.74, 6) is 0.845. The molecule has 112 valence electrons. The van der Waals surface area contributed by atoms with E-state index in [-0.39, 0.29) is 4.75 Å². The lowest BCUT2D eigenvalue weighted by Crippen LogP contribution is -2.46. The van der Waals surface area contributed by atoms with Crippen molar-refractivity contribution in [2.75, 3.05) is 25.4 Å². The molecule has 2 N–H and O–H groups in total. The summed E-state index contributed by atoms with van der Waals surface area (Å²) >= 11 is 1.82. The van der Waals surface area contributed by atoms with Crippen molar-refractivity contribution in [2.24, 2.45) is 5.73 Å². The van der Waals surface area contributed by atoms with Gasteiger partial charge in [0.05, 0.1) is 4.90 Å². The number of nitrogens with two attached hydrogens (primary N) is 1. The van der Waals surface area contributed by atoms with Crippen LogP contribution >= 0.6 is 11.8 Å². The topological polar surface area (TPSA) is 63.4 Å². The van der Waals surface area contributed by atoms with Crippen molar-refractivity contribution >= 4 is 21.8 Å². The van der Waals surface area contributed by atoms with Crippen molar-refractivity contribution in [3.8, 4) is 0 Å². The molecule has 1 aliphatic rings. The normalized spacial score (nSPS) is 19.9. The molecule has 2 rings (SSSR count). The lowest BCUT2D eigenvalue weighted by molar-refractivity contribution is 0.387. The molecule has 1 fully saturated rings. The molecule has 0 bridgehead atoms. The van der Waals surface area contributed by atoms with Crippen molar-refractivity contribution in [3.05, 3.63) is 29.8 Å². The first-order valence-corrected chi connectivity index (χ1v) is 9.21. The van der Waals surface area contributed by atoms with Gasteiger partial charge in [0.1, 0.15) is 0 Å². The first-order valence-electron chi connectivity index (χ1n) is 6.78. The Morgan fingerprint density at radius 2 is 1.95 bits per heavy atom. The van der Waals surface area contributed by atoms with Crippen molar-refractivity contribution in [1.29, 1.82) is 0 Å². The second-order valence-corrected chi connectivity index (χ2v) is 9.37. The van der Waals surface area contributed by atoms with Crippen molar-refractivity contribution in [1.82, 2.24) is 4.31 Å².